The molecule has 0 bridgehead atoms. The number of nitrogens with zero attached hydrogens (tertiary/aromatic N) is 6. The van der Waals surface area contributed by atoms with Crippen LogP contribution >= 0.6 is 0 Å². The second kappa shape index (κ2) is 10.4. The predicted molar refractivity (Wildman–Crippen MR) is 147 cm³/mol. The van der Waals surface area contributed by atoms with Gasteiger partial charge in [-0.15, -0.1) is 5.10 Å². The minimum atomic E-state index is -0.310. The summed E-state index contributed by atoms with van der Waals surface area (Å²) in [5.41, 5.74) is 9.52. The molecule has 0 spiro atoms. The van der Waals surface area contributed by atoms with Gasteiger partial charge in [0, 0.05) is 38.3 Å². The number of aromatic nitrogens is 4. The molecule has 202 valence electrons. The van der Waals surface area contributed by atoms with Crippen molar-refractivity contribution in [2.75, 3.05) is 57.6 Å². The summed E-state index contributed by atoms with van der Waals surface area (Å²) < 4.78 is 17.9. The molecule has 0 unspecified atom stereocenters. The second-order valence-electron chi connectivity index (χ2n) is 9.61. The van der Waals surface area contributed by atoms with Crippen LogP contribution in [0.5, 0.6) is 11.5 Å². The van der Waals surface area contributed by atoms with Crippen LogP contribution < -0.4 is 20.1 Å². The number of anilines is 2. The molecule has 2 N–H and O–H groups in total. The molecule has 2 aliphatic heterocycles. The lowest BCUT2D eigenvalue weighted by Gasteiger charge is -2.35. The molecule has 2 aliphatic rings. The molecular formula is C28H31N7O4. The summed E-state index contributed by atoms with van der Waals surface area (Å²) in [6.07, 6.45) is 1.42. The van der Waals surface area contributed by atoms with Crippen LogP contribution in [-0.4, -0.2) is 83.7 Å². The van der Waals surface area contributed by atoms with Gasteiger partial charge in [0.15, 0.2) is 5.65 Å². The molecule has 0 radical (unpaired) electrons. The molecule has 1 atom stereocenters. The first kappa shape index (κ1) is 24.9. The van der Waals surface area contributed by atoms with Gasteiger partial charge >= 0.3 is 0 Å². The van der Waals surface area contributed by atoms with Crippen LogP contribution in [0.25, 0.3) is 28.0 Å². The summed E-state index contributed by atoms with van der Waals surface area (Å²) in [6.45, 7) is 3.05. The van der Waals surface area contributed by atoms with Crippen molar-refractivity contribution in [2.45, 2.75) is 18.9 Å². The number of methoxy groups -OCH3 is 2. The molecule has 6 rings (SSSR count). The number of nitrogen functional groups attached to an aromatic ring is 1. The monoisotopic (exact) mass is 529 g/mol. The minimum Gasteiger partial charge on any atom is -0.497 e. The number of carbonyl (C=O) groups excluding carboxylic acids is 1. The molecule has 0 aliphatic carbocycles. The third-order valence-electron chi connectivity index (χ3n) is 7.32. The number of ether oxygens (including phenoxy) is 3. The lowest BCUT2D eigenvalue weighted by Crippen LogP contribution is -2.51. The third-order valence-corrected chi connectivity index (χ3v) is 7.32. The Bertz CT molecular complexity index is 1470. The van der Waals surface area contributed by atoms with Gasteiger partial charge < -0.3 is 29.7 Å². The smallest absolute Gasteiger partial charge is 0.251 e. The fraction of sp³-hybridized carbons (Fsp3) is 0.357. The maximum atomic E-state index is 12.8. The summed E-state index contributed by atoms with van der Waals surface area (Å²) in [4.78, 5) is 26.6. The highest BCUT2D eigenvalue weighted by Gasteiger charge is 2.31. The quantitative estimate of drug-likeness (QED) is 0.402. The van der Waals surface area contributed by atoms with Gasteiger partial charge in [-0.3, -0.25) is 4.79 Å². The zero-order valence-corrected chi connectivity index (χ0v) is 22.0. The number of hydrogen-bond donors (Lipinski definition) is 1. The van der Waals surface area contributed by atoms with E-state index in [0.717, 1.165) is 35.6 Å². The molecule has 11 heteroatoms. The van der Waals surface area contributed by atoms with Crippen LogP contribution in [0.4, 0.5) is 11.8 Å². The topological polar surface area (TPSA) is 121 Å². The van der Waals surface area contributed by atoms with Crippen LogP contribution in [0.15, 0.2) is 48.5 Å². The van der Waals surface area contributed by atoms with Gasteiger partial charge in [0.2, 0.25) is 5.95 Å². The van der Waals surface area contributed by atoms with Crippen LogP contribution in [-0.2, 0) is 9.53 Å². The van der Waals surface area contributed by atoms with Crippen molar-refractivity contribution < 1.29 is 19.0 Å². The fourth-order valence-electron chi connectivity index (χ4n) is 5.12. The summed E-state index contributed by atoms with van der Waals surface area (Å²) in [5.74, 6) is 2.57. The molecule has 39 heavy (non-hydrogen) atoms. The Morgan fingerprint density at radius 2 is 1.62 bits per heavy atom. The van der Waals surface area contributed by atoms with E-state index in [-0.39, 0.29) is 12.0 Å². The largest absolute Gasteiger partial charge is 0.497 e. The predicted octanol–water partition coefficient (Wildman–Crippen LogP) is 2.91. The number of amides is 1. The molecule has 2 aromatic carbocycles. The summed E-state index contributed by atoms with van der Waals surface area (Å²) >= 11 is 0. The van der Waals surface area contributed by atoms with Crippen molar-refractivity contribution >= 4 is 28.7 Å². The zero-order valence-electron chi connectivity index (χ0n) is 22.0. The van der Waals surface area contributed by atoms with Crippen LogP contribution in [0.3, 0.4) is 0 Å². The van der Waals surface area contributed by atoms with E-state index in [9.17, 15) is 4.79 Å². The molecule has 0 saturated carbocycles. The van der Waals surface area contributed by atoms with E-state index >= 15 is 0 Å². The second-order valence-corrected chi connectivity index (χ2v) is 9.61. The van der Waals surface area contributed by atoms with Gasteiger partial charge in [-0.1, -0.05) is 0 Å². The Morgan fingerprint density at radius 1 is 0.949 bits per heavy atom. The Balaban J connectivity index is 1.37. The lowest BCUT2D eigenvalue weighted by molar-refractivity contribution is -0.141. The van der Waals surface area contributed by atoms with Gasteiger partial charge in [0.05, 0.1) is 31.0 Å². The van der Waals surface area contributed by atoms with E-state index in [1.54, 1.807) is 18.9 Å². The van der Waals surface area contributed by atoms with E-state index in [0.29, 0.717) is 61.3 Å². The fourth-order valence-corrected chi connectivity index (χ4v) is 5.12. The molecule has 4 heterocycles. The average Bonchev–Trinajstić information content (AvgIpc) is 3.65. The number of carbonyl (C=O) groups is 1. The Hall–Kier alpha value is -4.38. The number of nitrogens with two attached hydrogens (primary N) is 1. The first-order valence-electron chi connectivity index (χ1n) is 13.1. The lowest BCUT2D eigenvalue weighted by atomic mass is 10.1. The van der Waals surface area contributed by atoms with Crippen LogP contribution in [0.2, 0.25) is 0 Å². The molecular weight excluding hydrogens is 498 g/mol. The number of benzene rings is 2. The van der Waals surface area contributed by atoms with Gasteiger partial charge in [-0.05, 0) is 61.4 Å². The first-order chi connectivity index (χ1) is 19.1. The zero-order chi connectivity index (χ0) is 26.9. The summed E-state index contributed by atoms with van der Waals surface area (Å²) in [5, 5.41) is 5.45. The van der Waals surface area contributed by atoms with Crippen molar-refractivity contribution in [3.05, 3.63) is 48.5 Å². The Kier molecular flexibility index (Phi) is 6.65. The van der Waals surface area contributed by atoms with E-state index in [2.05, 4.69) is 4.90 Å². The van der Waals surface area contributed by atoms with Crippen LogP contribution in [0, 0.1) is 0 Å². The molecule has 2 fully saturated rings. The SMILES string of the molecule is COc1ccc(-c2nc(N3CCN(C(=O)[C@H]4CCCO4)CC3)nc3nn(-c4ccc(OC)cc4)c(N)c23)cc1. The Morgan fingerprint density at radius 3 is 2.23 bits per heavy atom. The van der Waals surface area contributed by atoms with E-state index in [1.165, 1.54) is 0 Å². The summed E-state index contributed by atoms with van der Waals surface area (Å²) in [6, 6.07) is 15.2. The molecule has 4 aromatic rings. The highest BCUT2D eigenvalue weighted by Crippen LogP contribution is 2.34. The van der Waals surface area contributed by atoms with E-state index in [4.69, 9.17) is 35.0 Å². The van der Waals surface area contributed by atoms with Crippen molar-refractivity contribution in [1.82, 2.24) is 24.6 Å². The van der Waals surface area contributed by atoms with Crippen LogP contribution in [0.1, 0.15) is 12.8 Å². The normalized spacial score (nSPS) is 17.5. The maximum Gasteiger partial charge on any atom is 0.251 e. The third kappa shape index (κ3) is 4.69. The highest BCUT2D eigenvalue weighted by atomic mass is 16.5. The van der Waals surface area contributed by atoms with Gasteiger partial charge in [0.1, 0.15) is 23.4 Å². The molecule has 11 nitrogen and oxygen atoms in total. The number of rotatable bonds is 6. The van der Waals surface area contributed by atoms with Crippen molar-refractivity contribution in [1.29, 1.82) is 0 Å². The minimum absolute atomic E-state index is 0.0773. The van der Waals surface area contributed by atoms with Crippen molar-refractivity contribution in [3.63, 3.8) is 0 Å². The molecule has 1 amide bonds. The molecule has 2 saturated heterocycles. The van der Waals surface area contributed by atoms with Gasteiger partial charge in [-0.2, -0.15) is 4.98 Å². The molecule has 2 aromatic heterocycles. The maximum absolute atomic E-state index is 12.8. The van der Waals surface area contributed by atoms with E-state index < -0.39 is 0 Å². The van der Waals surface area contributed by atoms with Crippen molar-refractivity contribution in [3.8, 4) is 28.4 Å². The highest BCUT2D eigenvalue weighted by molar-refractivity contribution is 5.99. The van der Waals surface area contributed by atoms with Gasteiger partial charge in [-0.25, -0.2) is 9.67 Å². The number of hydrogen-bond acceptors (Lipinski definition) is 9. The van der Waals surface area contributed by atoms with E-state index in [1.807, 2.05) is 53.4 Å². The average molecular weight is 530 g/mol. The first-order valence-corrected chi connectivity index (χ1v) is 13.1. The summed E-state index contributed by atoms with van der Waals surface area (Å²) in [7, 11) is 3.26. The standard InChI is InChI=1S/C28H31N7O4/c1-37-20-9-5-18(6-10-20)24-23-25(29)35(19-7-11-21(38-2)12-8-19)32-26(23)31-28(30-24)34-15-13-33(14-16-34)27(36)22-4-3-17-39-22/h5-12,22H,3-4,13-17,29H2,1-2H3/t22-/m1/s1. The van der Waals surface area contributed by atoms with Gasteiger partial charge in [0.25, 0.3) is 5.91 Å². The van der Waals surface area contributed by atoms with Crippen molar-refractivity contribution in [2.24, 2.45) is 0 Å². The number of fused-ring (bicyclic) bond motifs is 1. The number of piperazine rings is 1. The Labute approximate surface area is 226 Å².